The third-order valence-electron chi connectivity index (χ3n) is 2.67. The van der Waals surface area contributed by atoms with E-state index in [0.717, 1.165) is 16.6 Å². The SMILES string of the molecule is CNC(=O)[C@@H](N)Cc1ccc2ccccc2n1. The Bertz CT molecular complexity index is 539. The maximum atomic E-state index is 11.3. The average Bonchev–Trinajstić information content (AvgIpc) is 2.37. The van der Waals surface area contributed by atoms with Gasteiger partial charge < -0.3 is 11.1 Å². The Hall–Kier alpha value is -1.94. The predicted molar refractivity (Wildman–Crippen MR) is 67.5 cm³/mol. The second kappa shape index (κ2) is 4.93. The first-order valence-corrected chi connectivity index (χ1v) is 5.52. The number of hydrogen-bond acceptors (Lipinski definition) is 3. The number of nitrogens with zero attached hydrogens (tertiary/aromatic N) is 1. The van der Waals surface area contributed by atoms with Gasteiger partial charge in [0.25, 0.3) is 0 Å². The zero-order valence-electron chi connectivity index (χ0n) is 9.68. The van der Waals surface area contributed by atoms with Gasteiger partial charge in [-0.2, -0.15) is 0 Å². The van der Waals surface area contributed by atoms with E-state index in [1.165, 1.54) is 0 Å². The molecule has 0 saturated heterocycles. The second-order valence-electron chi connectivity index (χ2n) is 3.92. The van der Waals surface area contributed by atoms with Crippen LogP contribution in [0, 0.1) is 0 Å². The number of pyridine rings is 1. The first kappa shape index (κ1) is 11.5. The number of amides is 1. The first-order chi connectivity index (χ1) is 8.20. The fraction of sp³-hybridized carbons (Fsp3) is 0.231. The van der Waals surface area contributed by atoms with Crippen LogP contribution in [0.2, 0.25) is 0 Å². The minimum absolute atomic E-state index is 0.167. The molecule has 1 aromatic heterocycles. The largest absolute Gasteiger partial charge is 0.358 e. The average molecular weight is 229 g/mol. The van der Waals surface area contributed by atoms with E-state index in [1.54, 1.807) is 7.05 Å². The molecule has 0 aliphatic heterocycles. The summed E-state index contributed by atoms with van der Waals surface area (Å²) in [4.78, 5) is 15.8. The lowest BCUT2D eigenvalue weighted by atomic mass is 10.1. The summed E-state index contributed by atoms with van der Waals surface area (Å²) >= 11 is 0. The van der Waals surface area contributed by atoms with E-state index in [9.17, 15) is 4.79 Å². The van der Waals surface area contributed by atoms with Gasteiger partial charge in [-0.15, -0.1) is 0 Å². The summed E-state index contributed by atoms with van der Waals surface area (Å²) in [5.41, 5.74) is 7.51. The van der Waals surface area contributed by atoms with Crippen molar-refractivity contribution >= 4 is 16.8 Å². The van der Waals surface area contributed by atoms with Gasteiger partial charge in [0, 0.05) is 24.5 Å². The van der Waals surface area contributed by atoms with E-state index in [2.05, 4.69) is 10.3 Å². The summed E-state index contributed by atoms with van der Waals surface area (Å²) in [5.74, 6) is -0.167. The van der Waals surface area contributed by atoms with Crippen molar-refractivity contribution in [3.63, 3.8) is 0 Å². The van der Waals surface area contributed by atoms with Crippen LogP contribution >= 0.6 is 0 Å². The van der Waals surface area contributed by atoms with Crippen molar-refractivity contribution < 1.29 is 4.79 Å². The number of hydrogen-bond donors (Lipinski definition) is 2. The van der Waals surface area contributed by atoms with Crippen LogP contribution in [0.3, 0.4) is 0 Å². The summed E-state index contributed by atoms with van der Waals surface area (Å²) in [6.07, 6.45) is 0.449. The minimum atomic E-state index is -0.548. The molecule has 0 unspecified atom stereocenters. The van der Waals surface area contributed by atoms with E-state index in [0.29, 0.717) is 6.42 Å². The Morgan fingerprint density at radius 1 is 1.35 bits per heavy atom. The molecule has 4 nitrogen and oxygen atoms in total. The Kier molecular flexibility index (Phi) is 3.35. The highest BCUT2D eigenvalue weighted by Gasteiger charge is 2.12. The van der Waals surface area contributed by atoms with Crippen molar-refractivity contribution in [3.8, 4) is 0 Å². The monoisotopic (exact) mass is 229 g/mol. The van der Waals surface area contributed by atoms with Crippen LogP contribution in [0.15, 0.2) is 36.4 Å². The molecule has 1 heterocycles. The molecular formula is C13H15N3O. The molecule has 1 amide bonds. The van der Waals surface area contributed by atoms with Crippen molar-refractivity contribution in [1.82, 2.24) is 10.3 Å². The van der Waals surface area contributed by atoms with E-state index < -0.39 is 6.04 Å². The molecular weight excluding hydrogens is 214 g/mol. The number of likely N-dealkylation sites (N-methyl/N-ethyl adjacent to an activating group) is 1. The van der Waals surface area contributed by atoms with Crippen molar-refractivity contribution in [2.24, 2.45) is 5.73 Å². The standard InChI is InChI=1S/C13H15N3O/c1-15-13(17)11(14)8-10-7-6-9-4-2-3-5-12(9)16-10/h2-7,11H,8,14H2,1H3,(H,15,17)/t11-/m0/s1. The van der Waals surface area contributed by atoms with Gasteiger partial charge in [0.1, 0.15) is 0 Å². The van der Waals surface area contributed by atoms with Crippen LogP contribution in [0.5, 0.6) is 0 Å². The van der Waals surface area contributed by atoms with Crippen molar-refractivity contribution in [2.45, 2.75) is 12.5 Å². The highest BCUT2D eigenvalue weighted by atomic mass is 16.2. The molecule has 0 aliphatic carbocycles. The van der Waals surface area contributed by atoms with E-state index in [4.69, 9.17) is 5.73 Å². The minimum Gasteiger partial charge on any atom is -0.358 e. The highest BCUT2D eigenvalue weighted by molar-refractivity contribution is 5.82. The molecule has 4 heteroatoms. The van der Waals surface area contributed by atoms with Gasteiger partial charge in [-0.25, -0.2) is 0 Å². The molecule has 0 saturated carbocycles. The summed E-state index contributed by atoms with van der Waals surface area (Å²) in [6.45, 7) is 0. The fourth-order valence-corrected chi connectivity index (χ4v) is 1.73. The molecule has 88 valence electrons. The molecule has 1 atom stereocenters. The molecule has 0 fully saturated rings. The van der Waals surface area contributed by atoms with Crippen LogP contribution in [0.4, 0.5) is 0 Å². The van der Waals surface area contributed by atoms with Crippen LogP contribution in [-0.4, -0.2) is 24.0 Å². The molecule has 0 bridgehead atoms. The van der Waals surface area contributed by atoms with Gasteiger partial charge in [0.2, 0.25) is 5.91 Å². The number of para-hydroxylation sites is 1. The number of carbonyl (C=O) groups is 1. The number of nitrogens with one attached hydrogen (secondary N) is 1. The van der Waals surface area contributed by atoms with Crippen LogP contribution < -0.4 is 11.1 Å². The van der Waals surface area contributed by atoms with Gasteiger partial charge in [-0.1, -0.05) is 24.3 Å². The van der Waals surface area contributed by atoms with Gasteiger partial charge in [0.05, 0.1) is 11.6 Å². The van der Waals surface area contributed by atoms with Gasteiger partial charge in [0.15, 0.2) is 0 Å². The number of aromatic nitrogens is 1. The third kappa shape index (κ3) is 2.60. The Labute approximate surface area is 99.8 Å². The smallest absolute Gasteiger partial charge is 0.237 e. The van der Waals surface area contributed by atoms with Crippen molar-refractivity contribution in [3.05, 3.63) is 42.1 Å². The van der Waals surface area contributed by atoms with Crippen LogP contribution in [0.25, 0.3) is 10.9 Å². The maximum absolute atomic E-state index is 11.3. The van der Waals surface area contributed by atoms with Gasteiger partial charge in [-0.05, 0) is 12.1 Å². The van der Waals surface area contributed by atoms with Gasteiger partial charge >= 0.3 is 0 Å². The summed E-state index contributed by atoms with van der Waals surface area (Å²) in [5, 5.41) is 3.62. The Morgan fingerprint density at radius 2 is 2.12 bits per heavy atom. The molecule has 0 aliphatic rings. The topological polar surface area (TPSA) is 68.0 Å². The predicted octanol–water partition coefficient (Wildman–Crippen LogP) is 0.851. The molecule has 0 radical (unpaired) electrons. The van der Waals surface area contributed by atoms with E-state index in [-0.39, 0.29) is 5.91 Å². The van der Waals surface area contributed by atoms with Gasteiger partial charge in [-0.3, -0.25) is 9.78 Å². The normalized spacial score (nSPS) is 12.4. The highest BCUT2D eigenvalue weighted by Crippen LogP contribution is 2.12. The number of benzene rings is 1. The zero-order chi connectivity index (χ0) is 12.3. The van der Waals surface area contributed by atoms with Crippen LogP contribution in [-0.2, 0) is 11.2 Å². The van der Waals surface area contributed by atoms with Crippen molar-refractivity contribution in [2.75, 3.05) is 7.05 Å². The molecule has 3 N–H and O–H groups in total. The molecule has 2 rings (SSSR count). The quantitative estimate of drug-likeness (QED) is 0.820. The van der Waals surface area contributed by atoms with Crippen LogP contribution in [0.1, 0.15) is 5.69 Å². The third-order valence-corrected chi connectivity index (χ3v) is 2.67. The lowest BCUT2D eigenvalue weighted by molar-refractivity contribution is -0.121. The molecule has 2 aromatic rings. The summed E-state index contributed by atoms with van der Waals surface area (Å²) < 4.78 is 0. The molecule has 17 heavy (non-hydrogen) atoms. The maximum Gasteiger partial charge on any atom is 0.237 e. The Balaban J connectivity index is 2.22. The fourth-order valence-electron chi connectivity index (χ4n) is 1.73. The van der Waals surface area contributed by atoms with E-state index >= 15 is 0 Å². The van der Waals surface area contributed by atoms with Crippen molar-refractivity contribution in [1.29, 1.82) is 0 Å². The number of carbonyl (C=O) groups excluding carboxylic acids is 1. The number of nitrogens with two attached hydrogens (primary N) is 1. The number of rotatable bonds is 3. The first-order valence-electron chi connectivity index (χ1n) is 5.52. The zero-order valence-corrected chi connectivity index (χ0v) is 9.68. The Morgan fingerprint density at radius 3 is 2.88 bits per heavy atom. The number of fused-ring (bicyclic) bond motifs is 1. The summed E-state index contributed by atoms with van der Waals surface area (Å²) in [7, 11) is 1.58. The van der Waals surface area contributed by atoms with E-state index in [1.807, 2.05) is 36.4 Å². The molecule has 0 spiro atoms. The lowest BCUT2D eigenvalue weighted by Gasteiger charge is -2.09. The lowest BCUT2D eigenvalue weighted by Crippen LogP contribution is -2.40. The molecule has 1 aromatic carbocycles. The second-order valence-corrected chi connectivity index (χ2v) is 3.92. The summed E-state index contributed by atoms with van der Waals surface area (Å²) in [6, 6.07) is 11.2.